The third-order valence-electron chi connectivity index (χ3n) is 4.77. The molecular weight excluding hydrogens is 343 g/mol. The lowest BCUT2D eigenvalue weighted by atomic mass is 9.99. The fourth-order valence-corrected chi connectivity index (χ4v) is 3.57. The smallest absolute Gasteiger partial charge is 0.416 e. The molecule has 1 unspecified atom stereocenters. The maximum absolute atomic E-state index is 13.1. The van der Waals surface area contributed by atoms with Crippen molar-refractivity contribution in [1.82, 2.24) is 0 Å². The van der Waals surface area contributed by atoms with Gasteiger partial charge < -0.3 is 10.0 Å². The SMILES string of the molecule is O=C(O)CC1CCCN1c1ccc(Cc2ccccc2C(F)(F)F)cc1. The van der Waals surface area contributed by atoms with E-state index in [9.17, 15) is 18.0 Å². The zero-order valence-electron chi connectivity index (χ0n) is 14.2. The van der Waals surface area contributed by atoms with Crippen LogP contribution in [0.15, 0.2) is 48.5 Å². The van der Waals surface area contributed by atoms with Crippen molar-refractivity contribution in [2.24, 2.45) is 0 Å². The fourth-order valence-electron chi connectivity index (χ4n) is 3.57. The van der Waals surface area contributed by atoms with E-state index < -0.39 is 17.7 Å². The molecule has 26 heavy (non-hydrogen) atoms. The summed E-state index contributed by atoms with van der Waals surface area (Å²) in [5.41, 5.74) is 1.35. The molecule has 0 aliphatic carbocycles. The molecule has 6 heteroatoms. The summed E-state index contributed by atoms with van der Waals surface area (Å²) < 4.78 is 39.3. The Morgan fingerprint density at radius 3 is 2.46 bits per heavy atom. The average Bonchev–Trinajstić information content (AvgIpc) is 3.02. The van der Waals surface area contributed by atoms with E-state index >= 15 is 0 Å². The van der Waals surface area contributed by atoms with Gasteiger partial charge in [0.1, 0.15) is 0 Å². The third kappa shape index (κ3) is 4.18. The molecule has 0 bridgehead atoms. The Labute approximate surface area is 150 Å². The van der Waals surface area contributed by atoms with Gasteiger partial charge in [0.25, 0.3) is 0 Å². The second kappa shape index (κ2) is 7.40. The summed E-state index contributed by atoms with van der Waals surface area (Å²) in [7, 11) is 0. The molecule has 0 saturated carbocycles. The Kier molecular flexibility index (Phi) is 5.20. The molecule has 1 aliphatic heterocycles. The van der Waals surface area contributed by atoms with Gasteiger partial charge in [-0.15, -0.1) is 0 Å². The van der Waals surface area contributed by atoms with Crippen LogP contribution in [0.5, 0.6) is 0 Å². The quantitative estimate of drug-likeness (QED) is 0.834. The molecule has 1 N–H and O–H groups in total. The molecule has 1 atom stereocenters. The highest BCUT2D eigenvalue weighted by Crippen LogP contribution is 2.33. The predicted molar refractivity (Wildman–Crippen MR) is 93.3 cm³/mol. The molecule has 1 saturated heterocycles. The molecule has 3 nitrogen and oxygen atoms in total. The molecule has 0 amide bonds. The highest BCUT2D eigenvalue weighted by atomic mass is 19.4. The molecule has 1 fully saturated rings. The van der Waals surface area contributed by atoms with Crippen molar-refractivity contribution in [2.45, 2.75) is 37.9 Å². The monoisotopic (exact) mass is 363 g/mol. The lowest BCUT2D eigenvalue weighted by molar-refractivity contribution is -0.138. The lowest BCUT2D eigenvalue weighted by Gasteiger charge is -2.26. The zero-order valence-corrected chi connectivity index (χ0v) is 14.2. The first-order valence-corrected chi connectivity index (χ1v) is 8.57. The summed E-state index contributed by atoms with van der Waals surface area (Å²) in [6.45, 7) is 0.800. The van der Waals surface area contributed by atoms with Crippen molar-refractivity contribution in [1.29, 1.82) is 0 Å². The van der Waals surface area contributed by atoms with Gasteiger partial charge in [-0.1, -0.05) is 30.3 Å². The number of alkyl halides is 3. The van der Waals surface area contributed by atoms with Crippen molar-refractivity contribution < 1.29 is 23.1 Å². The van der Waals surface area contributed by atoms with Crippen LogP contribution in [-0.2, 0) is 17.4 Å². The van der Waals surface area contributed by atoms with E-state index in [1.165, 1.54) is 12.1 Å². The fraction of sp³-hybridized carbons (Fsp3) is 0.350. The van der Waals surface area contributed by atoms with Crippen molar-refractivity contribution in [2.75, 3.05) is 11.4 Å². The first-order chi connectivity index (χ1) is 12.3. The van der Waals surface area contributed by atoms with Crippen LogP contribution in [0.25, 0.3) is 0 Å². The number of hydrogen-bond donors (Lipinski definition) is 1. The van der Waals surface area contributed by atoms with Crippen LogP contribution in [0.2, 0.25) is 0 Å². The van der Waals surface area contributed by atoms with Crippen LogP contribution in [0.1, 0.15) is 36.0 Å². The Morgan fingerprint density at radius 2 is 1.81 bits per heavy atom. The zero-order chi connectivity index (χ0) is 18.7. The lowest BCUT2D eigenvalue weighted by Crippen LogP contribution is -2.31. The molecular formula is C20H20F3NO2. The summed E-state index contributed by atoms with van der Waals surface area (Å²) >= 11 is 0. The molecule has 0 radical (unpaired) electrons. The number of benzene rings is 2. The number of halogens is 3. The second-order valence-corrected chi connectivity index (χ2v) is 6.59. The summed E-state index contributed by atoms with van der Waals surface area (Å²) in [6, 6.07) is 13.0. The van der Waals surface area contributed by atoms with Crippen LogP contribution in [0, 0.1) is 0 Å². The van der Waals surface area contributed by atoms with Gasteiger partial charge in [0.05, 0.1) is 12.0 Å². The van der Waals surface area contributed by atoms with Gasteiger partial charge in [-0.25, -0.2) is 0 Å². The van der Waals surface area contributed by atoms with E-state index in [1.807, 2.05) is 24.3 Å². The first kappa shape index (κ1) is 18.3. The van der Waals surface area contributed by atoms with Gasteiger partial charge in [0.15, 0.2) is 0 Å². The van der Waals surface area contributed by atoms with Crippen LogP contribution in [0.3, 0.4) is 0 Å². The minimum Gasteiger partial charge on any atom is -0.481 e. The van der Waals surface area contributed by atoms with Crippen molar-refractivity contribution >= 4 is 11.7 Å². The number of carboxylic acids is 1. The summed E-state index contributed by atoms with van der Waals surface area (Å²) in [4.78, 5) is 13.1. The molecule has 0 spiro atoms. The topological polar surface area (TPSA) is 40.5 Å². The molecule has 3 rings (SSSR count). The van der Waals surface area contributed by atoms with E-state index in [0.29, 0.717) is 0 Å². The normalized spacial score (nSPS) is 17.5. The maximum Gasteiger partial charge on any atom is 0.416 e. The summed E-state index contributed by atoms with van der Waals surface area (Å²) in [6.07, 6.45) is -2.28. The molecule has 1 heterocycles. The minimum atomic E-state index is -4.36. The number of carboxylic acid groups (broad SMARTS) is 1. The van der Waals surface area contributed by atoms with Crippen LogP contribution < -0.4 is 4.90 Å². The van der Waals surface area contributed by atoms with E-state index in [4.69, 9.17) is 5.11 Å². The Morgan fingerprint density at radius 1 is 1.12 bits per heavy atom. The third-order valence-corrected chi connectivity index (χ3v) is 4.77. The first-order valence-electron chi connectivity index (χ1n) is 8.57. The van der Waals surface area contributed by atoms with E-state index in [1.54, 1.807) is 6.07 Å². The van der Waals surface area contributed by atoms with Crippen molar-refractivity contribution in [3.63, 3.8) is 0 Å². The second-order valence-electron chi connectivity index (χ2n) is 6.59. The summed E-state index contributed by atoms with van der Waals surface area (Å²) in [5.74, 6) is -0.817. The standard InChI is InChI=1S/C20H20F3NO2/c21-20(22,23)18-6-2-1-4-15(18)12-14-7-9-16(10-8-14)24-11-3-5-17(24)13-19(25)26/h1-2,4,6-10,17H,3,5,11-13H2,(H,25,26). The largest absolute Gasteiger partial charge is 0.481 e. The summed E-state index contributed by atoms with van der Waals surface area (Å²) in [5, 5.41) is 9.02. The van der Waals surface area contributed by atoms with Gasteiger partial charge in [0, 0.05) is 18.3 Å². The van der Waals surface area contributed by atoms with Crippen molar-refractivity contribution in [3.8, 4) is 0 Å². The average molecular weight is 363 g/mol. The van der Waals surface area contributed by atoms with E-state index in [-0.39, 0.29) is 24.4 Å². The predicted octanol–water partition coefficient (Wildman–Crippen LogP) is 4.74. The Bertz CT molecular complexity index is 771. The van der Waals surface area contributed by atoms with Crippen LogP contribution >= 0.6 is 0 Å². The number of anilines is 1. The number of hydrogen-bond acceptors (Lipinski definition) is 2. The van der Waals surface area contributed by atoms with E-state index in [0.717, 1.165) is 36.7 Å². The van der Waals surface area contributed by atoms with Gasteiger partial charge in [-0.2, -0.15) is 13.2 Å². The van der Waals surface area contributed by atoms with Gasteiger partial charge >= 0.3 is 12.1 Å². The number of rotatable bonds is 5. The van der Waals surface area contributed by atoms with Gasteiger partial charge in [-0.3, -0.25) is 4.79 Å². The van der Waals surface area contributed by atoms with E-state index in [2.05, 4.69) is 4.90 Å². The van der Waals surface area contributed by atoms with Crippen LogP contribution in [-0.4, -0.2) is 23.7 Å². The molecule has 0 aromatic heterocycles. The van der Waals surface area contributed by atoms with Crippen molar-refractivity contribution in [3.05, 3.63) is 65.2 Å². The molecule has 2 aromatic carbocycles. The maximum atomic E-state index is 13.1. The van der Waals surface area contributed by atoms with Gasteiger partial charge in [0.2, 0.25) is 0 Å². The number of nitrogens with zero attached hydrogens (tertiary/aromatic N) is 1. The van der Waals surface area contributed by atoms with Crippen LogP contribution in [0.4, 0.5) is 18.9 Å². The molecule has 1 aliphatic rings. The highest BCUT2D eigenvalue weighted by Gasteiger charge is 2.32. The minimum absolute atomic E-state index is 0.0238. The van der Waals surface area contributed by atoms with Gasteiger partial charge in [-0.05, 0) is 48.6 Å². The molecule has 138 valence electrons. The number of carbonyl (C=O) groups is 1. The highest BCUT2D eigenvalue weighted by molar-refractivity contribution is 5.69. The number of aliphatic carboxylic acids is 1. The Hall–Kier alpha value is -2.50. The molecule has 2 aromatic rings. The Balaban J connectivity index is 1.76.